The summed E-state index contributed by atoms with van der Waals surface area (Å²) >= 11 is 0. The van der Waals surface area contributed by atoms with Crippen molar-refractivity contribution in [3.63, 3.8) is 0 Å². The van der Waals surface area contributed by atoms with Crippen LogP contribution in [0.1, 0.15) is 47.4 Å². The van der Waals surface area contributed by atoms with Crippen LogP contribution in [0.25, 0.3) is 0 Å². The molecule has 0 saturated heterocycles. The van der Waals surface area contributed by atoms with Gasteiger partial charge in [-0.15, -0.1) is 0 Å². The van der Waals surface area contributed by atoms with E-state index in [1.165, 1.54) is 24.3 Å². The Morgan fingerprint density at radius 3 is 2.00 bits per heavy atom. The fourth-order valence-electron chi connectivity index (χ4n) is 3.15. The molecule has 0 amide bonds. The van der Waals surface area contributed by atoms with Gasteiger partial charge in [0.05, 0.1) is 23.5 Å². The molecule has 1 saturated carbocycles. The van der Waals surface area contributed by atoms with E-state index >= 15 is 0 Å². The second-order valence-corrected chi connectivity index (χ2v) is 6.66. The molecule has 25 heavy (non-hydrogen) atoms. The zero-order chi connectivity index (χ0) is 18.2. The highest BCUT2D eigenvalue weighted by Gasteiger charge is 2.54. The number of carbonyl (C=O) groups is 4. The Morgan fingerprint density at radius 2 is 1.44 bits per heavy atom. The van der Waals surface area contributed by atoms with Crippen LogP contribution in [0.5, 0.6) is 0 Å². The van der Waals surface area contributed by atoms with Crippen LogP contribution in [0, 0.1) is 17.3 Å². The largest absolute Gasteiger partial charge is 0.387 e. The summed E-state index contributed by atoms with van der Waals surface area (Å²) in [6, 6.07) is 5.57. The van der Waals surface area contributed by atoms with E-state index in [-0.39, 0.29) is 23.5 Å². The van der Waals surface area contributed by atoms with Crippen LogP contribution in [0.3, 0.4) is 0 Å². The maximum atomic E-state index is 12.1. The third kappa shape index (κ3) is 3.07. The van der Waals surface area contributed by atoms with E-state index in [9.17, 15) is 19.2 Å². The third-order valence-electron chi connectivity index (χ3n) is 4.94. The van der Waals surface area contributed by atoms with Crippen molar-refractivity contribution in [3.05, 3.63) is 35.4 Å². The second-order valence-electron chi connectivity index (χ2n) is 6.66. The Balaban J connectivity index is 1.89. The summed E-state index contributed by atoms with van der Waals surface area (Å²) in [6.07, 6.45) is 0.370. The van der Waals surface area contributed by atoms with Crippen LogP contribution in [0.15, 0.2) is 24.3 Å². The van der Waals surface area contributed by atoms with Crippen molar-refractivity contribution >= 4 is 23.9 Å². The fourth-order valence-corrected chi connectivity index (χ4v) is 3.15. The minimum atomic E-state index is -1.03. The highest BCUT2D eigenvalue weighted by Crippen LogP contribution is 2.53. The summed E-state index contributed by atoms with van der Waals surface area (Å²) in [5.41, 5.74) is -0.910. The van der Waals surface area contributed by atoms with Crippen molar-refractivity contribution in [2.45, 2.75) is 26.7 Å². The quantitative estimate of drug-likeness (QED) is 0.655. The lowest BCUT2D eigenvalue weighted by atomic mass is 9.54. The summed E-state index contributed by atoms with van der Waals surface area (Å²) in [5.74, 6) is -4.15. The topological polar surface area (TPSA) is 105 Å². The van der Waals surface area contributed by atoms with Crippen molar-refractivity contribution in [2.75, 3.05) is 0 Å². The van der Waals surface area contributed by atoms with E-state index in [0.29, 0.717) is 6.42 Å². The minimum absolute atomic E-state index is 0.00844. The molecule has 2 atom stereocenters. The SMILES string of the molecule is CC1(C)C2CC(=O)OOC(=O)c3ccccc3C(=O)OOC(=O)C1C2. The Morgan fingerprint density at radius 1 is 0.880 bits per heavy atom. The molecule has 2 bridgehead atoms. The van der Waals surface area contributed by atoms with Gasteiger partial charge in [0.1, 0.15) is 0 Å². The molecule has 2 unspecified atom stereocenters. The molecule has 0 aromatic heterocycles. The molecule has 1 aliphatic carbocycles. The molecule has 0 N–H and O–H groups in total. The predicted octanol–water partition coefficient (Wildman–Crippen LogP) is 1.98. The molecule has 0 spiro atoms. The highest BCUT2D eigenvalue weighted by atomic mass is 17.2. The molecule has 4 rings (SSSR count). The average Bonchev–Trinajstić information content (AvgIpc) is 2.59. The van der Waals surface area contributed by atoms with Crippen molar-refractivity contribution in [1.29, 1.82) is 0 Å². The van der Waals surface area contributed by atoms with E-state index < -0.39 is 35.2 Å². The van der Waals surface area contributed by atoms with Crippen molar-refractivity contribution in [3.8, 4) is 0 Å². The molecule has 1 aromatic rings. The summed E-state index contributed by atoms with van der Waals surface area (Å²) in [4.78, 5) is 66.4. The molecule has 1 aromatic carbocycles. The van der Waals surface area contributed by atoms with Crippen LogP contribution in [-0.2, 0) is 29.1 Å². The average molecular weight is 348 g/mol. The maximum Gasteiger partial charge on any atom is 0.387 e. The lowest BCUT2D eigenvalue weighted by Gasteiger charge is -2.49. The molecule has 132 valence electrons. The zero-order valence-corrected chi connectivity index (χ0v) is 13.6. The van der Waals surface area contributed by atoms with Crippen LogP contribution >= 0.6 is 0 Å². The van der Waals surface area contributed by atoms with Gasteiger partial charge >= 0.3 is 23.9 Å². The van der Waals surface area contributed by atoms with E-state index in [0.717, 1.165) is 0 Å². The second kappa shape index (κ2) is 6.19. The first kappa shape index (κ1) is 16.9. The molecule has 0 radical (unpaired) electrons. The minimum Gasteiger partial charge on any atom is -0.247 e. The Labute approximate surface area is 142 Å². The van der Waals surface area contributed by atoms with Gasteiger partial charge in [-0.2, -0.15) is 0 Å². The number of carbonyl (C=O) groups excluding carboxylic acids is 4. The van der Waals surface area contributed by atoms with Gasteiger partial charge in [-0.25, -0.2) is 38.7 Å². The summed E-state index contributed by atoms with van der Waals surface area (Å²) < 4.78 is 0. The van der Waals surface area contributed by atoms with Crippen LogP contribution in [-0.4, -0.2) is 23.9 Å². The predicted molar refractivity (Wildman–Crippen MR) is 79.5 cm³/mol. The molecular weight excluding hydrogens is 332 g/mol. The lowest BCUT2D eigenvalue weighted by molar-refractivity contribution is -0.253. The van der Waals surface area contributed by atoms with Gasteiger partial charge in [0.15, 0.2) is 0 Å². The molecular formula is C17H16O8. The standard InChI is InChI=1S/C17H16O8/c1-17(2)9-7-12(17)16(21)25-24-15(20)11-6-4-3-5-10(11)14(19)23-22-13(18)8-9/h3-6,9,12H,7-8H2,1-2H3. The molecule has 8 heteroatoms. The fraction of sp³-hybridized carbons (Fsp3) is 0.412. The summed E-state index contributed by atoms with van der Waals surface area (Å²) in [7, 11) is 0. The number of fused-ring (bicyclic) bond motifs is 7. The van der Waals surface area contributed by atoms with Crippen molar-refractivity contribution < 1.29 is 38.7 Å². The first-order valence-electron chi connectivity index (χ1n) is 7.74. The smallest absolute Gasteiger partial charge is 0.247 e. The van der Waals surface area contributed by atoms with Gasteiger partial charge in [-0.1, -0.05) is 26.0 Å². The maximum absolute atomic E-state index is 12.1. The Kier molecular flexibility index (Phi) is 4.20. The van der Waals surface area contributed by atoms with Gasteiger partial charge in [0.25, 0.3) is 0 Å². The third-order valence-corrected chi connectivity index (χ3v) is 4.94. The van der Waals surface area contributed by atoms with Gasteiger partial charge in [-0.05, 0) is 29.9 Å². The van der Waals surface area contributed by atoms with E-state index in [1.807, 2.05) is 0 Å². The van der Waals surface area contributed by atoms with Crippen LogP contribution < -0.4 is 0 Å². The summed E-state index contributed by atoms with van der Waals surface area (Å²) in [6.45, 7) is 3.60. The zero-order valence-electron chi connectivity index (χ0n) is 13.6. The molecule has 2 aliphatic heterocycles. The van der Waals surface area contributed by atoms with Crippen molar-refractivity contribution in [1.82, 2.24) is 0 Å². The number of hydrogen-bond acceptors (Lipinski definition) is 8. The van der Waals surface area contributed by atoms with Crippen LogP contribution in [0.4, 0.5) is 0 Å². The number of benzene rings is 1. The van der Waals surface area contributed by atoms with E-state index in [1.54, 1.807) is 13.8 Å². The van der Waals surface area contributed by atoms with Gasteiger partial charge in [-0.3, -0.25) is 0 Å². The van der Waals surface area contributed by atoms with Gasteiger partial charge < -0.3 is 0 Å². The van der Waals surface area contributed by atoms with E-state index in [2.05, 4.69) is 19.6 Å². The summed E-state index contributed by atoms with van der Waals surface area (Å²) in [5, 5.41) is 0. The molecule has 2 heterocycles. The Bertz CT molecular complexity index is 751. The molecule has 1 fully saturated rings. The lowest BCUT2D eigenvalue weighted by Crippen LogP contribution is -2.50. The monoisotopic (exact) mass is 348 g/mol. The van der Waals surface area contributed by atoms with Crippen LogP contribution in [0.2, 0.25) is 0 Å². The Hall–Kier alpha value is -2.90. The first-order chi connectivity index (χ1) is 11.8. The molecule has 3 aliphatic rings. The van der Waals surface area contributed by atoms with Crippen molar-refractivity contribution in [2.24, 2.45) is 17.3 Å². The first-order valence-corrected chi connectivity index (χ1v) is 7.74. The highest BCUT2D eigenvalue weighted by molar-refractivity contribution is 6.03. The van der Waals surface area contributed by atoms with Gasteiger partial charge in [0, 0.05) is 0 Å². The number of hydrogen-bond donors (Lipinski definition) is 0. The molecule has 8 nitrogen and oxygen atoms in total. The normalized spacial score (nSPS) is 26.0. The van der Waals surface area contributed by atoms with Gasteiger partial charge in [0.2, 0.25) is 0 Å². The van der Waals surface area contributed by atoms with E-state index in [4.69, 9.17) is 0 Å². The number of rotatable bonds is 0.